The summed E-state index contributed by atoms with van der Waals surface area (Å²) in [6, 6.07) is 0. The molecule has 0 fully saturated rings. The van der Waals surface area contributed by atoms with Crippen molar-refractivity contribution in [1.29, 1.82) is 0 Å². The Balaban J connectivity index is 1.88. The summed E-state index contributed by atoms with van der Waals surface area (Å²) < 4.78 is 69.7. The number of allylic oxidation sites excluding steroid dienone is 3. The van der Waals surface area contributed by atoms with E-state index in [9.17, 15) is 37.4 Å². The summed E-state index contributed by atoms with van der Waals surface area (Å²) in [5, 5.41) is 20.8. The lowest BCUT2D eigenvalue weighted by molar-refractivity contribution is -0.137. The molecule has 2 aromatic heterocycles. The van der Waals surface area contributed by atoms with Crippen molar-refractivity contribution in [3.8, 4) is 0 Å². The molecule has 1 amide bonds. The number of alkyl halides is 3. The van der Waals surface area contributed by atoms with Gasteiger partial charge in [-0.2, -0.15) is 23.3 Å². The molecule has 0 spiro atoms. The number of aliphatic hydroxyl groups is 1. The maximum atomic E-state index is 15.1. The quantitative estimate of drug-likeness (QED) is 0.117. The molecule has 0 radical (unpaired) electrons. The lowest BCUT2D eigenvalue weighted by atomic mass is 10.0. The van der Waals surface area contributed by atoms with E-state index >= 15 is 4.39 Å². The van der Waals surface area contributed by atoms with Crippen molar-refractivity contribution in [1.82, 2.24) is 30.0 Å². The number of amides is 1. The Bertz CT molecular complexity index is 1550. The van der Waals surface area contributed by atoms with Gasteiger partial charge >= 0.3 is 19.7 Å². The minimum absolute atomic E-state index is 0.0188. The van der Waals surface area contributed by atoms with Gasteiger partial charge in [0.2, 0.25) is 11.6 Å². The number of carbonyl (C=O) groups excluding carboxylic acids is 1. The normalized spacial score (nSPS) is 22.6. The number of aliphatic hydroxyl groups excluding tert-OH is 1. The zero-order chi connectivity index (χ0) is 31.6. The lowest BCUT2D eigenvalue weighted by Gasteiger charge is -2.39. The van der Waals surface area contributed by atoms with E-state index in [0.29, 0.717) is 17.5 Å². The maximum Gasteiger partial charge on any atom is 0.421 e. The number of quaternary nitrogens is 1. The third kappa shape index (κ3) is 6.12. The Morgan fingerprint density at radius 3 is 2.60 bits per heavy atom. The zero-order valence-corrected chi connectivity index (χ0v) is 23.9. The van der Waals surface area contributed by atoms with Crippen molar-refractivity contribution in [2.24, 2.45) is 0 Å². The summed E-state index contributed by atoms with van der Waals surface area (Å²) in [6.45, 7) is 1.64. The first kappa shape index (κ1) is 32.0. The number of nitrogens with zero attached hydrogens (tertiary/aromatic N) is 4. The molecule has 43 heavy (non-hydrogen) atoms. The zero-order valence-electron chi connectivity index (χ0n) is 23.0. The average molecular weight is 630 g/mol. The van der Waals surface area contributed by atoms with Crippen LogP contribution in [0.2, 0.25) is 0 Å². The summed E-state index contributed by atoms with van der Waals surface area (Å²) in [7, 11) is -3.98. The topological polar surface area (TPSA) is 185 Å². The average Bonchev–Trinajstić information content (AvgIpc) is 3.48. The number of hydrogen-bond acceptors (Lipinski definition) is 8. The molecule has 2 aromatic rings. The van der Waals surface area contributed by atoms with Gasteiger partial charge in [0.25, 0.3) is 0 Å². The molecule has 0 aromatic carbocycles. The van der Waals surface area contributed by atoms with Gasteiger partial charge in [-0.15, -0.1) is 0 Å². The lowest BCUT2D eigenvalue weighted by Crippen LogP contribution is -2.55. The smallest absolute Gasteiger partial charge is 0.396 e. The standard InChI is InChI=1S/C25H29F4N8O5P/c1-15-6-7-24(19(26)11-15,43(40,41)42)36-23-31-14-17(25(27,28)29)21(35-23)34-18-5-3-8-37(9-4-10-38,16-12-32-33-13-16)20(18)22(39)30-2/h3,5-6,11-14,38H,4,7-10H2,1-2H3,(H5-,30,31,32,33,34,35,36,39,40,41,42)/p+1. The Morgan fingerprint density at radius 2 is 2.02 bits per heavy atom. The Kier molecular flexibility index (Phi) is 8.95. The van der Waals surface area contributed by atoms with E-state index in [0.717, 1.165) is 6.08 Å². The van der Waals surface area contributed by atoms with E-state index in [2.05, 4.69) is 36.1 Å². The van der Waals surface area contributed by atoms with Gasteiger partial charge in [0.15, 0.2) is 11.0 Å². The second-order valence-corrected chi connectivity index (χ2v) is 11.8. The third-order valence-corrected chi connectivity index (χ3v) is 8.64. The number of hydrogen-bond donors (Lipinski definition) is 7. The Labute approximate surface area is 242 Å². The number of carbonyl (C=O) groups is 1. The maximum absolute atomic E-state index is 15.1. The predicted octanol–water partition coefficient (Wildman–Crippen LogP) is 3.04. The number of aromatic nitrogens is 4. The van der Waals surface area contributed by atoms with Crippen molar-refractivity contribution in [2.75, 3.05) is 37.4 Å². The molecule has 0 saturated heterocycles. The highest BCUT2D eigenvalue weighted by atomic mass is 31.2. The van der Waals surface area contributed by atoms with E-state index in [-0.39, 0.29) is 42.0 Å². The Hall–Kier alpha value is -3.89. The minimum atomic E-state index is -5.32. The number of likely N-dealkylation sites (N-methyl/N-ethyl adjacent to an activating group) is 1. The van der Waals surface area contributed by atoms with Crippen LogP contribution in [0.25, 0.3) is 0 Å². The summed E-state index contributed by atoms with van der Waals surface area (Å²) >= 11 is 0. The number of anilines is 2. The molecule has 13 nitrogen and oxygen atoms in total. The first-order valence-electron chi connectivity index (χ1n) is 12.9. The predicted molar refractivity (Wildman–Crippen MR) is 149 cm³/mol. The van der Waals surface area contributed by atoms with Gasteiger partial charge < -0.3 is 30.8 Å². The molecule has 7 N–H and O–H groups in total. The highest BCUT2D eigenvalue weighted by Crippen LogP contribution is 2.58. The number of nitrogens with one attached hydrogen (secondary N) is 4. The van der Waals surface area contributed by atoms with E-state index in [1.165, 1.54) is 38.5 Å². The van der Waals surface area contributed by atoms with Gasteiger partial charge in [0.1, 0.15) is 35.6 Å². The molecule has 232 valence electrons. The van der Waals surface area contributed by atoms with Gasteiger partial charge in [-0.25, -0.2) is 13.9 Å². The number of H-pyrrole nitrogens is 1. The number of aromatic amines is 1. The molecule has 18 heteroatoms. The van der Waals surface area contributed by atoms with E-state index in [4.69, 9.17) is 0 Å². The molecule has 2 unspecified atom stereocenters. The number of halogens is 4. The van der Waals surface area contributed by atoms with E-state index in [1.807, 2.05) is 0 Å². The molecule has 1 aliphatic heterocycles. The molecule has 2 atom stereocenters. The van der Waals surface area contributed by atoms with Crippen LogP contribution in [0.4, 0.5) is 35.0 Å². The van der Waals surface area contributed by atoms with Crippen LogP contribution in [0.3, 0.4) is 0 Å². The monoisotopic (exact) mass is 629 g/mol. The first-order chi connectivity index (χ1) is 20.2. The molecule has 0 bridgehead atoms. The van der Waals surface area contributed by atoms with Gasteiger partial charge in [-0.3, -0.25) is 14.5 Å². The van der Waals surface area contributed by atoms with Crippen LogP contribution in [0, 0.1) is 0 Å². The SMILES string of the molecule is CNC(=O)C1=C(Nc2nc(NC3(P(=O)(O)O)CC=C(C)C=C3F)ncc2C(F)(F)F)C=CC[N+]1(CCCO)c1cn[nH]c1. The van der Waals surface area contributed by atoms with Crippen LogP contribution in [-0.4, -0.2) is 73.0 Å². The molecular formula is C25H30F4N8O5P+. The van der Waals surface area contributed by atoms with Gasteiger partial charge in [0, 0.05) is 32.7 Å². The largest absolute Gasteiger partial charge is 0.421 e. The molecule has 2 aliphatic rings. The fourth-order valence-corrected chi connectivity index (χ4v) is 5.87. The van der Waals surface area contributed by atoms with E-state index < -0.39 is 54.5 Å². The van der Waals surface area contributed by atoms with Crippen LogP contribution in [-0.2, 0) is 15.5 Å². The molecule has 4 rings (SSSR count). The highest BCUT2D eigenvalue weighted by molar-refractivity contribution is 7.54. The third-order valence-electron chi connectivity index (χ3n) is 7.13. The summed E-state index contributed by atoms with van der Waals surface area (Å²) in [4.78, 5) is 40.9. The number of rotatable bonds is 10. The summed E-state index contributed by atoms with van der Waals surface area (Å²) in [5.41, 5.74) is -0.597. The van der Waals surface area contributed by atoms with Crippen molar-refractivity contribution < 1.29 is 41.8 Å². The van der Waals surface area contributed by atoms with Crippen molar-refractivity contribution >= 4 is 31.0 Å². The van der Waals surface area contributed by atoms with Gasteiger partial charge in [-0.1, -0.05) is 11.6 Å². The van der Waals surface area contributed by atoms with Crippen LogP contribution in [0.1, 0.15) is 25.3 Å². The molecular weight excluding hydrogens is 599 g/mol. The molecule has 1 aliphatic carbocycles. The minimum Gasteiger partial charge on any atom is -0.396 e. The van der Waals surface area contributed by atoms with Crippen molar-refractivity contribution in [2.45, 2.75) is 31.2 Å². The van der Waals surface area contributed by atoms with Crippen LogP contribution in [0.15, 0.2) is 65.7 Å². The van der Waals surface area contributed by atoms with Crippen LogP contribution in [0.5, 0.6) is 0 Å². The second kappa shape index (κ2) is 12.0. The second-order valence-electron chi connectivity index (χ2n) is 9.90. The first-order valence-corrected chi connectivity index (χ1v) is 14.5. The van der Waals surface area contributed by atoms with Crippen LogP contribution >= 0.6 is 7.60 Å². The Morgan fingerprint density at radius 1 is 1.28 bits per heavy atom. The fourth-order valence-electron chi connectivity index (χ4n) is 4.96. The van der Waals surface area contributed by atoms with E-state index in [1.54, 1.807) is 6.08 Å². The van der Waals surface area contributed by atoms with Crippen molar-refractivity contribution in [3.05, 3.63) is 71.3 Å². The van der Waals surface area contributed by atoms with Gasteiger partial charge in [0.05, 0.1) is 12.7 Å². The van der Waals surface area contributed by atoms with Crippen molar-refractivity contribution in [3.63, 3.8) is 0 Å². The summed E-state index contributed by atoms with van der Waals surface area (Å²) in [6.07, 6.45) is 3.30. The summed E-state index contributed by atoms with van der Waals surface area (Å²) in [5.74, 6) is -3.48. The molecule has 0 saturated carbocycles. The van der Waals surface area contributed by atoms with Gasteiger partial charge in [-0.05, 0) is 25.2 Å². The molecule has 3 heterocycles. The fraction of sp³-hybridized carbons (Fsp3) is 0.360. The van der Waals surface area contributed by atoms with Crippen LogP contribution < -0.4 is 20.4 Å². The highest BCUT2D eigenvalue weighted by Gasteiger charge is 2.52.